The molecule has 152 valence electrons. The van der Waals surface area contributed by atoms with Gasteiger partial charge in [-0.05, 0) is 49.4 Å². The molecule has 1 saturated carbocycles. The molecular weight excluding hydrogens is 398 g/mol. The molecule has 4 rings (SSSR count). The second kappa shape index (κ2) is 8.28. The van der Waals surface area contributed by atoms with Gasteiger partial charge in [-0.2, -0.15) is 5.26 Å². The maximum atomic E-state index is 13.1. The number of nitriles is 1. The largest absolute Gasteiger partial charge is 0.337 e. The Hall–Kier alpha value is -3.18. The zero-order chi connectivity index (χ0) is 21.1. The third kappa shape index (κ3) is 4.21. The van der Waals surface area contributed by atoms with Crippen LogP contribution in [0.5, 0.6) is 0 Å². The van der Waals surface area contributed by atoms with Gasteiger partial charge in [0.15, 0.2) is 5.16 Å². The molecule has 1 amide bonds. The van der Waals surface area contributed by atoms with E-state index in [0.29, 0.717) is 22.6 Å². The van der Waals surface area contributed by atoms with Gasteiger partial charge in [0.2, 0.25) is 5.91 Å². The first-order valence-corrected chi connectivity index (χ1v) is 10.7. The summed E-state index contributed by atoms with van der Waals surface area (Å²) in [6, 6.07) is 13.1. The van der Waals surface area contributed by atoms with Gasteiger partial charge in [-0.25, -0.2) is 4.98 Å². The molecule has 1 atom stereocenters. The fourth-order valence-corrected chi connectivity index (χ4v) is 4.21. The number of nitrogens with zero attached hydrogens (tertiary/aromatic N) is 4. The van der Waals surface area contributed by atoms with Crippen LogP contribution in [0.25, 0.3) is 10.9 Å². The van der Waals surface area contributed by atoms with E-state index in [-0.39, 0.29) is 23.1 Å². The van der Waals surface area contributed by atoms with Crippen molar-refractivity contribution >= 4 is 28.6 Å². The van der Waals surface area contributed by atoms with Crippen LogP contribution in [0.1, 0.15) is 25.3 Å². The minimum Gasteiger partial charge on any atom is -0.337 e. The molecule has 1 N–H and O–H groups in total. The second-order valence-corrected chi connectivity index (χ2v) is 8.53. The molecule has 1 unspecified atom stereocenters. The van der Waals surface area contributed by atoms with Crippen molar-refractivity contribution in [2.24, 2.45) is 5.92 Å². The highest BCUT2D eigenvalue weighted by Gasteiger charge is 2.42. The smallest absolute Gasteiger partial charge is 0.262 e. The van der Waals surface area contributed by atoms with Crippen LogP contribution in [-0.4, -0.2) is 31.7 Å². The number of hydrogen-bond donors (Lipinski definition) is 1. The Labute approximate surface area is 178 Å². The van der Waals surface area contributed by atoms with Crippen LogP contribution in [0.3, 0.4) is 0 Å². The third-order valence-electron chi connectivity index (χ3n) is 5.25. The lowest BCUT2D eigenvalue weighted by Crippen LogP contribution is -2.47. The fraction of sp³-hybridized carbons (Fsp3) is 0.318. The van der Waals surface area contributed by atoms with E-state index in [1.54, 1.807) is 42.1 Å². The summed E-state index contributed by atoms with van der Waals surface area (Å²) in [5.74, 6) is 0.0345. The quantitative estimate of drug-likeness (QED) is 0.467. The fourth-order valence-electron chi connectivity index (χ4n) is 3.41. The number of benzene rings is 1. The van der Waals surface area contributed by atoms with Crippen LogP contribution in [-0.2, 0) is 11.3 Å². The van der Waals surface area contributed by atoms with E-state index in [2.05, 4.69) is 21.4 Å². The van der Waals surface area contributed by atoms with Gasteiger partial charge in [0.1, 0.15) is 5.54 Å². The second-order valence-electron chi connectivity index (χ2n) is 7.59. The number of rotatable bonds is 7. The Morgan fingerprint density at radius 3 is 2.83 bits per heavy atom. The SMILES string of the molecule is CC(C#N)(NC(=O)CSc1nc2ccccc2c(=O)n1Cc1cccnc1)C1CC1. The Morgan fingerprint density at radius 1 is 1.33 bits per heavy atom. The van der Waals surface area contributed by atoms with Crippen molar-refractivity contribution in [2.45, 2.75) is 37.0 Å². The van der Waals surface area contributed by atoms with E-state index in [4.69, 9.17) is 0 Å². The van der Waals surface area contributed by atoms with E-state index in [1.807, 2.05) is 18.2 Å². The molecule has 2 aromatic heterocycles. The highest BCUT2D eigenvalue weighted by atomic mass is 32.2. The topological polar surface area (TPSA) is 101 Å². The molecular formula is C22H21N5O2S. The van der Waals surface area contributed by atoms with Crippen LogP contribution < -0.4 is 10.9 Å². The minimum atomic E-state index is -0.843. The lowest BCUT2D eigenvalue weighted by Gasteiger charge is -2.22. The molecule has 0 bridgehead atoms. The molecule has 0 saturated heterocycles. The zero-order valence-electron chi connectivity index (χ0n) is 16.5. The number of carbonyl (C=O) groups excluding carboxylic acids is 1. The summed E-state index contributed by atoms with van der Waals surface area (Å²) in [6.07, 6.45) is 5.29. The molecule has 1 aliphatic carbocycles. The monoisotopic (exact) mass is 419 g/mol. The first-order chi connectivity index (χ1) is 14.5. The summed E-state index contributed by atoms with van der Waals surface area (Å²) in [5.41, 5.74) is 0.456. The van der Waals surface area contributed by atoms with Crippen molar-refractivity contribution in [3.63, 3.8) is 0 Å². The minimum absolute atomic E-state index is 0.0712. The molecule has 0 spiro atoms. The number of hydrogen-bond acceptors (Lipinski definition) is 6. The van der Waals surface area contributed by atoms with Crippen molar-refractivity contribution < 1.29 is 4.79 Å². The molecule has 3 aromatic rings. The van der Waals surface area contributed by atoms with Gasteiger partial charge in [-0.3, -0.25) is 19.1 Å². The molecule has 30 heavy (non-hydrogen) atoms. The van der Waals surface area contributed by atoms with E-state index in [0.717, 1.165) is 18.4 Å². The van der Waals surface area contributed by atoms with Crippen LogP contribution in [0, 0.1) is 17.2 Å². The van der Waals surface area contributed by atoms with Gasteiger partial charge >= 0.3 is 0 Å². The summed E-state index contributed by atoms with van der Waals surface area (Å²) in [4.78, 5) is 34.4. The molecule has 7 nitrogen and oxygen atoms in total. The predicted octanol–water partition coefficient (Wildman–Crippen LogP) is 2.74. The van der Waals surface area contributed by atoms with Gasteiger partial charge in [0, 0.05) is 12.4 Å². The summed E-state index contributed by atoms with van der Waals surface area (Å²) < 4.78 is 1.57. The van der Waals surface area contributed by atoms with Crippen molar-refractivity contribution in [1.82, 2.24) is 19.9 Å². The molecule has 0 aliphatic heterocycles. The normalized spacial score (nSPS) is 15.3. The standard InChI is InChI=1S/C22H21N5O2S/c1-22(14-23,16-8-9-16)26-19(28)13-30-21-25-18-7-3-2-6-17(18)20(29)27(21)12-15-5-4-10-24-11-15/h2-7,10-11,16H,8-9,12-13H2,1H3,(H,26,28). The average molecular weight is 420 g/mol. The number of para-hydroxylation sites is 1. The maximum absolute atomic E-state index is 13.1. The van der Waals surface area contributed by atoms with Crippen LogP contribution in [0.2, 0.25) is 0 Å². The van der Waals surface area contributed by atoms with E-state index < -0.39 is 5.54 Å². The Kier molecular flexibility index (Phi) is 5.55. The van der Waals surface area contributed by atoms with Crippen molar-refractivity contribution in [1.29, 1.82) is 5.26 Å². The van der Waals surface area contributed by atoms with Gasteiger partial charge in [-0.15, -0.1) is 0 Å². The van der Waals surface area contributed by atoms with Crippen molar-refractivity contribution in [2.75, 3.05) is 5.75 Å². The average Bonchev–Trinajstić information content (AvgIpc) is 3.61. The van der Waals surface area contributed by atoms with Gasteiger partial charge in [-0.1, -0.05) is 30.0 Å². The molecule has 0 radical (unpaired) electrons. The lowest BCUT2D eigenvalue weighted by atomic mass is 9.98. The number of fused-ring (bicyclic) bond motifs is 1. The Balaban J connectivity index is 1.60. The summed E-state index contributed by atoms with van der Waals surface area (Å²) in [7, 11) is 0. The molecule has 1 aliphatic rings. The highest BCUT2D eigenvalue weighted by Crippen LogP contribution is 2.39. The highest BCUT2D eigenvalue weighted by molar-refractivity contribution is 7.99. The number of carbonyl (C=O) groups is 1. The lowest BCUT2D eigenvalue weighted by molar-refractivity contribution is -0.119. The molecule has 1 fully saturated rings. The zero-order valence-corrected chi connectivity index (χ0v) is 17.4. The first kappa shape index (κ1) is 20.1. The summed E-state index contributed by atoms with van der Waals surface area (Å²) in [6.45, 7) is 2.08. The van der Waals surface area contributed by atoms with Crippen molar-refractivity contribution in [3.8, 4) is 6.07 Å². The number of nitrogens with one attached hydrogen (secondary N) is 1. The Morgan fingerprint density at radius 2 is 2.13 bits per heavy atom. The number of thioether (sulfide) groups is 1. The number of amides is 1. The Bertz CT molecular complexity index is 1180. The maximum Gasteiger partial charge on any atom is 0.262 e. The predicted molar refractivity (Wildman–Crippen MR) is 115 cm³/mol. The van der Waals surface area contributed by atoms with Crippen LogP contribution in [0.15, 0.2) is 58.7 Å². The van der Waals surface area contributed by atoms with Crippen LogP contribution in [0.4, 0.5) is 0 Å². The molecule has 2 heterocycles. The van der Waals surface area contributed by atoms with Gasteiger partial charge < -0.3 is 5.32 Å². The number of aromatic nitrogens is 3. The summed E-state index contributed by atoms with van der Waals surface area (Å²) in [5, 5.41) is 13.3. The van der Waals surface area contributed by atoms with Crippen LogP contribution >= 0.6 is 11.8 Å². The van der Waals surface area contributed by atoms with Crippen molar-refractivity contribution in [3.05, 3.63) is 64.7 Å². The third-order valence-corrected chi connectivity index (χ3v) is 6.22. The molecule has 8 heteroatoms. The molecule has 1 aromatic carbocycles. The summed E-state index contributed by atoms with van der Waals surface area (Å²) >= 11 is 1.20. The van der Waals surface area contributed by atoms with Gasteiger partial charge in [0.05, 0.1) is 29.3 Å². The first-order valence-electron chi connectivity index (χ1n) is 9.74. The van der Waals surface area contributed by atoms with E-state index in [9.17, 15) is 14.9 Å². The van der Waals surface area contributed by atoms with E-state index in [1.165, 1.54) is 11.8 Å². The number of pyridine rings is 1. The van der Waals surface area contributed by atoms with Gasteiger partial charge in [0.25, 0.3) is 5.56 Å². The van der Waals surface area contributed by atoms with E-state index >= 15 is 0 Å².